The molecule has 0 aliphatic carbocycles. The van der Waals surface area contributed by atoms with E-state index in [1.54, 1.807) is 0 Å². The number of benzene rings is 2. The molecule has 0 fully saturated rings. The summed E-state index contributed by atoms with van der Waals surface area (Å²) in [6, 6.07) is 15.9. The average Bonchev–Trinajstić information content (AvgIpc) is 3.30. The van der Waals surface area contributed by atoms with Crippen LogP contribution in [0.2, 0.25) is 0 Å². The zero-order chi connectivity index (χ0) is 22.8. The molecule has 1 aliphatic rings. The summed E-state index contributed by atoms with van der Waals surface area (Å²) in [6.07, 6.45) is 4.23. The van der Waals surface area contributed by atoms with Crippen molar-refractivity contribution in [2.45, 2.75) is 39.5 Å². The van der Waals surface area contributed by atoms with Crippen LogP contribution in [-0.2, 0) is 0 Å². The summed E-state index contributed by atoms with van der Waals surface area (Å²) >= 11 is 8.50. The van der Waals surface area contributed by atoms with E-state index in [0.717, 1.165) is 55.5 Å². The number of fused-ring (bicyclic) bond motifs is 1. The Labute approximate surface area is 210 Å². The Kier molecular flexibility index (Phi) is 7.33. The van der Waals surface area contributed by atoms with Crippen LogP contribution in [-0.4, -0.2) is 23.3 Å². The van der Waals surface area contributed by atoms with Crippen LogP contribution in [0.3, 0.4) is 0 Å². The third kappa shape index (κ3) is 4.50. The molecule has 1 unspecified atom stereocenters. The number of nitrogens with zero attached hydrogens (tertiary/aromatic N) is 1. The zero-order valence-electron chi connectivity index (χ0n) is 18.2. The van der Waals surface area contributed by atoms with Crippen LogP contribution in [0.1, 0.15) is 60.2 Å². The molecule has 2 aromatic carbocycles. The molecule has 0 radical (unpaired) electrons. The predicted molar refractivity (Wildman–Crippen MR) is 139 cm³/mol. The maximum Gasteiger partial charge on any atom is 0.263 e. The van der Waals surface area contributed by atoms with E-state index < -0.39 is 0 Å². The van der Waals surface area contributed by atoms with Crippen LogP contribution in [0.25, 0.3) is 20.9 Å². The van der Waals surface area contributed by atoms with Gasteiger partial charge in [-0.25, -0.2) is 0 Å². The second-order valence-corrected chi connectivity index (χ2v) is 11.0. The molecule has 3 aromatic rings. The van der Waals surface area contributed by atoms with Crippen molar-refractivity contribution in [3.63, 3.8) is 0 Å². The van der Waals surface area contributed by atoms with E-state index in [-0.39, 0.29) is 11.8 Å². The molecule has 6 heteroatoms. The first-order valence-corrected chi connectivity index (χ1v) is 13.4. The van der Waals surface area contributed by atoms with Gasteiger partial charge in [-0.3, -0.25) is 14.5 Å². The lowest BCUT2D eigenvalue weighted by Crippen LogP contribution is -2.34. The summed E-state index contributed by atoms with van der Waals surface area (Å²) < 4.78 is 1.96. The molecule has 0 N–H and O–H groups in total. The molecule has 0 bridgehead atoms. The Balaban J connectivity index is 1.80. The zero-order valence-corrected chi connectivity index (χ0v) is 22.1. The summed E-state index contributed by atoms with van der Waals surface area (Å²) in [5.74, 6) is 0.0257. The third-order valence-electron chi connectivity index (χ3n) is 6.02. The number of halogens is 2. The number of unbranched alkanes of at least 4 members (excludes halogenated alkanes) is 1. The molecule has 4 rings (SSSR count). The lowest BCUT2D eigenvalue weighted by Gasteiger charge is -2.22. The number of carbonyl (C=O) groups excluding carboxylic acids is 2. The van der Waals surface area contributed by atoms with E-state index in [0.29, 0.717) is 23.6 Å². The maximum absolute atomic E-state index is 13.6. The molecule has 1 aromatic heterocycles. The van der Waals surface area contributed by atoms with Crippen LogP contribution in [0.15, 0.2) is 57.5 Å². The van der Waals surface area contributed by atoms with Gasteiger partial charge in [-0.2, -0.15) is 0 Å². The quantitative estimate of drug-likeness (QED) is 0.253. The molecule has 0 saturated heterocycles. The van der Waals surface area contributed by atoms with Gasteiger partial charge < -0.3 is 0 Å². The summed E-state index contributed by atoms with van der Waals surface area (Å²) in [5, 5.41) is 0. The van der Waals surface area contributed by atoms with Gasteiger partial charge in [-0.15, -0.1) is 11.3 Å². The molecule has 32 heavy (non-hydrogen) atoms. The van der Waals surface area contributed by atoms with Gasteiger partial charge in [-0.05, 0) is 47.7 Å². The number of rotatable bonds is 8. The fourth-order valence-corrected chi connectivity index (χ4v) is 5.98. The van der Waals surface area contributed by atoms with Crippen LogP contribution in [0.5, 0.6) is 0 Å². The van der Waals surface area contributed by atoms with Gasteiger partial charge in [0.25, 0.3) is 11.8 Å². The van der Waals surface area contributed by atoms with E-state index in [4.69, 9.17) is 0 Å². The highest BCUT2D eigenvalue weighted by Gasteiger charge is 2.42. The SMILES string of the molecule is CCCCC(CC)CN1C(=O)c2c(-c3ccc(Br)cc3)sc(-c3ccc(Br)cc3)c2C1=O. The Morgan fingerprint density at radius 3 is 1.69 bits per heavy atom. The Bertz CT molecular complexity index is 1060. The van der Waals surface area contributed by atoms with Crippen molar-refractivity contribution in [2.24, 2.45) is 5.92 Å². The Hall–Kier alpha value is -1.76. The fourth-order valence-electron chi connectivity index (χ4n) is 4.15. The smallest absolute Gasteiger partial charge is 0.263 e. The topological polar surface area (TPSA) is 37.4 Å². The number of amides is 2. The molecule has 166 valence electrons. The molecule has 0 saturated carbocycles. The van der Waals surface area contributed by atoms with Gasteiger partial charge >= 0.3 is 0 Å². The highest BCUT2D eigenvalue weighted by molar-refractivity contribution is 9.10. The van der Waals surface area contributed by atoms with E-state index in [1.165, 1.54) is 16.2 Å². The normalized spacial score (nSPS) is 14.2. The van der Waals surface area contributed by atoms with Crippen molar-refractivity contribution >= 4 is 55.0 Å². The molecular formula is C26H25Br2NO2S. The third-order valence-corrected chi connectivity index (χ3v) is 8.37. The van der Waals surface area contributed by atoms with Gasteiger partial charge in [0.05, 0.1) is 11.1 Å². The van der Waals surface area contributed by atoms with Crippen molar-refractivity contribution in [1.29, 1.82) is 0 Å². The number of hydrogen-bond acceptors (Lipinski definition) is 3. The molecule has 0 spiro atoms. The van der Waals surface area contributed by atoms with Gasteiger partial charge in [0.2, 0.25) is 0 Å². The molecular weight excluding hydrogens is 550 g/mol. The first-order valence-electron chi connectivity index (χ1n) is 11.0. The van der Waals surface area contributed by atoms with Gasteiger partial charge in [-0.1, -0.05) is 89.2 Å². The summed E-state index contributed by atoms with van der Waals surface area (Å²) in [7, 11) is 0. The van der Waals surface area contributed by atoms with E-state index in [1.807, 2.05) is 48.5 Å². The summed E-state index contributed by atoms with van der Waals surface area (Å²) in [4.78, 5) is 30.4. The van der Waals surface area contributed by atoms with Crippen molar-refractivity contribution in [3.8, 4) is 20.9 Å². The number of imide groups is 1. The minimum atomic E-state index is -0.155. The Morgan fingerprint density at radius 2 is 1.28 bits per heavy atom. The van der Waals surface area contributed by atoms with E-state index >= 15 is 0 Å². The van der Waals surface area contributed by atoms with Gasteiger partial charge in [0.1, 0.15) is 0 Å². The number of hydrogen-bond donors (Lipinski definition) is 0. The minimum Gasteiger partial charge on any atom is -0.274 e. The van der Waals surface area contributed by atoms with Crippen molar-refractivity contribution < 1.29 is 9.59 Å². The molecule has 3 nitrogen and oxygen atoms in total. The second-order valence-electron chi connectivity index (χ2n) is 8.16. The van der Waals surface area contributed by atoms with Crippen molar-refractivity contribution in [3.05, 3.63) is 68.6 Å². The fraction of sp³-hybridized carbons (Fsp3) is 0.308. The monoisotopic (exact) mass is 573 g/mol. The van der Waals surface area contributed by atoms with Crippen LogP contribution >= 0.6 is 43.2 Å². The standard InChI is InChI=1S/C26H25Br2NO2S/c1-3-5-6-16(4-2)15-29-25(30)21-22(26(29)31)24(18-9-13-20(28)14-10-18)32-23(21)17-7-11-19(27)12-8-17/h7-14,16H,3-6,15H2,1-2H3. The Morgan fingerprint density at radius 1 is 0.812 bits per heavy atom. The van der Waals surface area contributed by atoms with Crippen molar-refractivity contribution in [2.75, 3.05) is 6.54 Å². The van der Waals surface area contributed by atoms with Crippen LogP contribution in [0, 0.1) is 5.92 Å². The highest BCUT2D eigenvalue weighted by atomic mass is 79.9. The van der Waals surface area contributed by atoms with Crippen LogP contribution in [0.4, 0.5) is 0 Å². The lowest BCUT2D eigenvalue weighted by atomic mass is 9.99. The summed E-state index contributed by atoms with van der Waals surface area (Å²) in [5.41, 5.74) is 3.04. The van der Waals surface area contributed by atoms with E-state index in [9.17, 15) is 9.59 Å². The first-order chi connectivity index (χ1) is 15.4. The second kappa shape index (κ2) is 10.0. The first kappa shape index (κ1) is 23.4. The highest BCUT2D eigenvalue weighted by Crippen LogP contribution is 2.46. The largest absolute Gasteiger partial charge is 0.274 e. The van der Waals surface area contributed by atoms with E-state index in [2.05, 4.69) is 45.7 Å². The molecule has 1 atom stereocenters. The minimum absolute atomic E-state index is 0.155. The van der Waals surface area contributed by atoms with Crippen molar-refractivity contribution in [1.82, 2.24) is 4.90 Å². The number of thiophene rings is 1. The van der Waals surface area contributed by atoms with Gasteiger partial charge in [0.15, 0.2) is 0 Å². The molecule has 2 amide bonds. The van der Waals surface area contributed by atoms with Crippen LogP contribution < -0.4 is 0 Å². The molecule has 2 heterocycles. The van der Waals surface area contributed by atoms with Gasteiger partial charge in [0, 0.05) is 25.2 Å². The maximum atomic E-state index is 13.6. The molecule has 1 aliphatic heterocycles. The average molecular weight is 575 g/mol. The predicted octanol–water partition coefficient (Wildman–Crippen LogP) is 8.42. The number of carbonyl (C=O) groups is 2. The summed E-state index contributed by atoms with van der Waals surface area (Å²) in [6.45, 7) is 4.80. The lowest BCUT2D eigenvalue weighted by molar-refractivity contribution is 0.0624.